The second-order valence-electron chi connectivity index (χ2n) is 6.42. The Balaban J connectivity index is 0.00000127. The molecule has 0 spiro atoms. The molecule has 0 radical (unpaired) electrons. The van der Waals surface area contributed by atoms with E-state index in [9.17, 15) is 9.90 Å². The highest BCUT2D eigenvalue weighted by atomic mass is 16.6. The molecule has 2 rings (SSSR count). The minimum absolute atomic E-state index is 0.109. The summed E-state index contributed by atoms with van der Waals surface area (Å²) in [6, 6.07) is 5.36. The summed E-state index contributed by atoms with van der Waals surface area (Å²) in [7, 11) is 0. The van der Waals surface area contributed by atoms with Crippen molar-refractivity contribution in [1.82, 2.24) is 0 Å². The summed E-state index contributed by atoms with van der Waals surface area (Å²) >= 11 is 0. The summed E-state index contributed by atoms with van der Waals surface area (Å²) in [5.74, 6) is 0.629. The van der Waals surface area contributed by atoms with Crippen LogP contribution in [0.3, 0.4) is 0 Å². The van der Waals surface area contributed by atoms with Gasteiger partial charge in [-0.25, -0.2) is 4.79 Å². The van der Waals surface area contributed by atoms with Crippen molar-refractivity contribution in [3.05, 3.63) is 23.8 Å². The maximum Gasteiger partial charge on any atom is 0.415 e. The van der Waals surface area contributed by atoms with Crippen LogP contribution in [-0.2, 0) is 4.74 Å². The highest BCUT2D eigenvalue weighted by Gasteiger charge is 2.31. The van der Waals surface area contributed by atoms with Crippen molar-refractivity contribution < 1.29 is 19.4 Å². The lowest BCUT2D eigenvalue weighted by Crippen LogP contribution is -2.44. The SMILES string of the molecule is CC.CC1CN(C(=O)OC(C)(C)C)c2cc(C(C)O)ccc2O1. The summed E-state index contributed by atoms with van der Waals surface area (Å²) in [5.41, 5.74) is 0.821. The molecule has 1 aromatic rings. The number of fused-ring (bicyclic) bond motifs is 1. The number of hydrogen-bond acceptors (Lipinski definition) is 4. The van der Waals surface area contributed by atoms with Crippen LogP contribution >= 0.6 is 0 Å². The molecule has 1 aliphatic heterocycles. The zero-order valence-corrected chi connectivity index (χ0v) is 15.2. The van der Waals surface area contributed by atoms with E-state index in [4.69, 9.17) is 9.47 Å². The van der Waals surface area contributed by atoms with Gasteiger partial charge in [0.05, 0.1) is 18.3 Å². The number of nitrogens with zero attached hydrogens (tertiary/aromatic N) is 1. The van der Waals surface area contributed by atoms with E-state index in [-0.39, 0.29) is 6.10 Å². The highest BCUT2D eigenvalue weighted by Crippen LogP contribution is 2.36. The Morgan fingerprint density at radius 1 is 1.39 bits per heavy atom. The van der Waals surface area contributed by atoms with Gasteiger partial charge in [0.25, 0.3) is 0 Å². The van der Waals surface area contributed by atoms with Crippen LogP contribution in [0.1, 0.15) is 60.1 Å². The average molecular weight is 323 g/mol. The van der Waals surface area contributed by atoms with Crippen LogP contribution in [0, 0.1) is 0 Å². The lowest BCUT2D eigenvalue weighted by atomic mass is 10.1. The van der Waals surface area contributed by atoms with Crippen LogP contribution in [-0.4, -0.2) is 29.4 Å². The third kappa shape index (κ3) is 5.13. The molecule has 2 unspecified atom stereocenters. The van der Waals surface area contributed by atoms with E-state index in [1.807, 2.05) is 41.5 Å². The fraction of sp³-hybridized carbons (Fsp3) is 0.611. The Morgan fingerprint density at radius 2 is 2.00 bits per heavy atom. The molecule has 5 nitrogen and oxygen atoms in total. The number of hydrogen-bond donors (Lipinski definition) is 1. The molecule has 0 saturated heterocycles. The van der Waals surface area contributed by atoms with Gasteiger partial charge in [0.2, 0.25) is 0 Å². The van der Waals surface area contributed by atoms with E-state index in [0.29, 0.717) is 18.0 Å². The molecule has 1 N–H and O–H groups in total. The maximum atomic E-state index is 12.4. The molecule has 1 amide bonds. The van der Waals surface area contributed by atoms with Gasteiger partial charge in [-0.05, 0) is 52.3 Å². The molecule has 0 aromatic heterocycles. The van der Waals surface area contributed by atoms with E-state index in [0.717, 1.165) is 5.56 Å². The average Bonchev–Trinajstić information content (AvgIpc) is 2.46. The van der Waals surface area contributed by atoms with Crippen LogP contribution in [0.2, 0.25) is 0 Å². The lowest BCUT2D eigenvalue weighted by molar-refractivity contribution is 0.0552. The molecule has 1 aliphatic rings. The lowest BCUT2D eigenvalue weighted by Gasteiger charge is -2.35. The number of aliphatic hydroxyl groups excluding tert-OH is 1. The summed E-state index contributed by atoms with van der Waals surface area (Å²) < 4.78 is 11.2. The summed E-state index contributed by atoms with van der Waals surface area (Å²) in [6.07, 6.45) is -1.11. The van der Waals surface area contributed by atoms with Crippen molar-refractivity contribution in [3.8, 4) is 5.75 Å². The maximum absolute atomic E-state index is 12.4. The number of rotatable bonds is 1. The number of ether oxygens (including phenoxy) is 2. The fourth-order valence-corrected chi connectivity index (χ4v) is 2.20. The van der Waals surface area contributed by atoms with Gasteiger partial charge in [-0.15, -0.1) is 0 Å². The van der Waals surface area contributed by atoms with E-state index in [1.165, 1.54) is 0 Å². The van der Waals surface area contributed by atoms with Gasteiger partial charge in [-0.3, -0.25) is 4.90 Å². The molecule has 0 aliphatic carbocycles. The molecule has 23 heavy (non-hydrogen) atoms. The highest BCUT2D eigenvalue weighted by molar-refractivity contribution is 5.90. The minimum Gasteiger partial charge on any atom is -0.487 e. The van der Waals surface area contributed by atoms with Crippen molar-refractivity contribution >= 4 is 11.8 Å². The molecule has 0 saturated carbocycles. The number of amides is 1. The Labute approximate surface area is 139 Å². The largest absolute Gasteiger partial charge is 0.487 e. The van der Waals surface area contributed by atoms with E-state index in [1.54, 1.807) is 30.0 Å². The molecular weight excluding hydrogens is 294 g/mol. The number of benzene rings is 1. The fourth-order valence-electron chi connectivity index (χ4n) is 2.20. The standard InChI is InChI=1S/C16H23NO4.C2H6/c1-10-9-17(15(19)21-16(3,4)5)13-8-12(11(2)18)6-7-14(13)20-10;1-2/h6-8,10-11,18H,9H2,1-5H3;1-2H3. The Morgan fingerprint density at radius 3 is 2.52 bits per heavy atom. The summed E-state index contributed by atoms with van der Waals surface area (Å²) in [6.45, 7) is 13.5. The topological polar surface area (TPSA) is 59.0 Å². The predicted octanol–water partition coefficient (Wildman–Crippen LogP) is 4.29. The molecule has 1 heterocycles. The zero-order valence-electron chi connectivity index (χ0n) is 15.2. The Kier molecular flexibility index (Phi) is 6.45. The molecule has 0 bridgehead atoms. The van der Waals surface area contributed by atoms with Gasteiger partial charge >= 0.3 is 6.09 Å². The predicted molar refractivity (Wildman–Crippen MR) is 92.1 cm³/mol. The second-order valence-corrected chi connectivity index (χ2v) is 6.42. The minimum atomic E-state index is -0.602. The monoisotopic (exact) mass is 323 g/mol. The number of aliphatic hydroxyl groups is 1. The van der Waals surface area contributed by atoms with Gasteiger partial charge in [-0.2, -0.15) is 0 Å². The Hall–Kier alpha value is -1.75. The first-order valence-electron chi connectivity index (χ1n) is 8.16. The summed E-state index contributed by atoms with van der Waals surface area (Å²) in [4.78, 5) is 14.0. The van der Waals surface area contributed by atoms with Crippen molar-refractivity contribution in [2.75, 3.05) is 11.4 Å². The van der Waals surface area contributed by atoms with E-state index < -0.39 is 17.8 Å². The molecular formula is C18H29NO4. The van der Waals surface area contributed by atoms with Crippen molar-refractivity contribution in [1.29, 1.82) is 0 Å². The first-order chi connectivity index (χ1) is 10.7. The van der Waals surface area contributed by atoms with Crippen molar-refractivity contribution in [3.63, 3.8) is 0 Å². The third-order valence-electron chi connectivity index (χ3n) is 3.14. The van der Waals surface area contributed by atoms with Crippen LogP contribution < -0.4 is 9.64 Å². The van der Waals surface area contributed by atoms with Crippen molar-refractivity contribution in [2.45, 2.75) is 66.3 Å². The third-order valence-corrected chi connectivity index (χ3v) is 3.14. The van der Waals surface area contributed by atoms with E-state index >= 15 is 0 Å². The van der Waals surface area contributed by atoms with Crippen LogP contribution in [0.15, 0.2) is 18.2 Å². The van der Waals surface area contributed by atoms with Gasteiger partial charge in [0.15, 0.2) is 0 Å². The second kappa shape index (κ2) is 7.68. The Bertz CT molecular complexity index is 534. The first-order valence-corrected chi connectivity index (χ1v) is 8.16. The van der Waals surface area contributed by atoms with Crippen LogP contribution in [0.25, 0.3) is 0 Å². The van der Waals surface area contributed by atoms with Gasteiger partial charge in [0.1, 0.15) is 17.5 Å². The van der Waals surface area contributed by atoms with E-state index in [2.05, 4.69) is 0 Å². The molecule has 1 aromatic carbocycles. The molecule has 0 fully saturated rings. The quantitative estimate of drug-likeness (QED) is 0.837. The van der Waals surface area contributed by atoms with Crippen molar-refractivity contribution in [2.24, 2.45) is 0 Å². The zero-order chi connectivity index (χ0) is 17.8. The number of carbonyl (C=O) groups is 1. The smallest absolute Gasteiger partial charge is 0.415 e. The normalized spacial score (nSPS) is 18.1. The van der Waals surface area contributed by atoms with Gasteiger partial charge in [-0.1, -0.05) is 19.9 Å². The molecule has 130 valence electrons. The number of anilines is 1. The van der Waals surface area contributed by atoms with Crippen LogP contribution in [0.4, 0.5) is 10.5 Å². The molecule has 5 heteroatoms. The van der Waals surface area contributed by atoms with Gasteiger partial charge < -0.3 is 14.6 Å². The van der Waals surface area contributed by atoms with Gasteiger partial charge in [0, 0.05) is 0 Å². The molecule has 2 atom stereocenters. The summed E-state index contributed by atoms with van der Waals surface area (Å²) in [5, 5.41) is 9.71. The van der Waals surface area contributed by atoms with Crippen LogP contribution in [0.5, 0.6) is 5.75 Å². The number of carbonyl (C=O) groups excluding carboxylic acids is 1. The first kappa shape index (κ1) is 19.3.